The molecule has 0 unspecified atom stereocenters. The first-order chi connectivity index (χ1) is 8.66. The van der Waals surface area contributed by atoms with Crippen LogP contribution in [0.4, 0.5) is 5.82 Å². The van der Waals surface area contributed by atoms with Crippen molar-refractivity contribution in [1.82, 2.24) is 9.55 Å². The van der Waals surface area contributed by atoms with E-state index in [4.69, 9.17) is 10.5 Å². The maximum absolute atomic E-state index is 6.15. The molecule has 0 saturated carbocycles. The molecule has 0 bridgehead atoms. The van der Waals surface area contributed by atoms with Gasteiger partial charge >= 0.3 is 0 Å². The third-order valence-corrected chi connectivity index (χ3v) is 3.35. The molecule has 0 amide bonds. The molecule has 1 aromatic carbocycles. The van der Waals surface area contributed by atoms with E-state index in [0.29, 0.717) is 6.04 Å². The van der Waals surface area contributed by atoms with Crippen molar-refractivity contribution in [1.29, 1.82) is 0 Å². The van der Waals surface area contributed by atoms with E-state index in [9.17, 15) is 0 Å². The molecule has 2 heterocycles. The highest BCUT2D eigenvalue weighted by Gasteiger charge is 2.16. The quantitative estimate of drug-likeness (QED) is 0.882. The molecule has 0 atom stereocenters. The number of nitrogen functional groups attached to an aromatic ring is 1. The van der Waals surface area contributed by atoms with Crippen molar-refractivity contribution in [2.24, 2.45) is 0 Å². The van der Waals surface area contributed by atoms with Crippen molar-refractivity contribution < 1.29 is 4.74 Å². The third kappa shape index (κ3) is 1.65. The van der Waals surface area contributed by atoms with Crippen LogP contribution in [0.2, 0.25) is 0 Å². The molecule has 4 heteroatoms. The van der Waals surface area contributed by atoms with Crippen LogP contribution in [-0.4, -0.2) is 16.2 Å². The number of hydrogen-bond acceptors (Lipinski definition) is 3. The molecule has 0 fully saturated rings. The highest BCUT2D eigenvalue weighted by Crippen LogP contribution is 2.32. The number of nitrogens with zero attached hydrogens (tertiary/aromatic N) is 2. The molecule has 0 radical (unpaired) electrons. The summed E-state index contributed by atoms with van der Waals surface area (Å²) in [4.78, 5) is 4.43. The average molecular weight is 243 g/mol. The van der Waals surface area contributed by atoms with Crippen LogP contribution in [-0.2, 0) is 6.42 Å². The van der Waals surface area contributed by atoms with Gasteiger partial charge in [-0.2, -0.15) is 0 Å². The molecule has 4 nitrogen and oxygen atoms in total. The van der Waals surface area contributed by atoms with E-state index >= 15 is 0 Å². The van der Waals surface area contributed by atoms with Crippen LogP contribution in [0.1, 0.15) is 25.5 Å². The summed E-state index contributed by atoms with van der Waals surface area (Å²) in [5, 5.41) is 0. The summed E-state index contributed by atoms with van der Waals surface area (Å²) in [5.41, 5.74) is 9.32. The van der Waals surface area contributed by atoms with Crippen LogP contribution in [0.5, 0.6) is 5.75 Å². The van der Waals surface area contributed by atoms with Crippen LogP contribution in [0, 0.1) is 0 Å². The van der Waals surface area contributed by atoms with Gasteiger partial charge in [0.1, 0.15) is 17.3 Å². The standard InChI is InChI=1S/C14H17N3O/c1-9(2)17-8-16-13(14(17)15)11-3-4-12-10(7-11)5-6-18-12/h3-4,7-9H,5-6,15H2,1-2H3. The zero-order valence-corrected chi connectivity index (χ0v) is 10.7. The summed E-state index contributed by atoms with van der Waals surface area (Å²) in [5.74, 6) is 1.71. The average Bonchev–Trinajstić information content (AvgIpc) is 2.93. The number of ether oxygens (including phenoxy) is 1. The number of anilines is 1. The number of benzene rings is 1. The molecule has 1 aliphatic rings. The number of nitrogens with two attached hydrogens (primary N) is 1. The summed E-state index contributed by atoms with van der Waals surface area (Å²) in [6.45, 7) is 4.96. The van der Waals surface area contributed by atoms with E-state index in [1.807, 2.05) is 16.7 Å². The van der Waals surface area contributed by atoms with E-state index in [1.54, 1.807) is 6.33 Å². The number of hydrogen-bond donors (Lipinski definition) is 1. The first kappa shape index (κ1) is 11.1. The molecule has 2 aromatic rings. The molecule has 18 heavy (non-hydrogen) atoms. The smallest absolute Gasteiger partial charge is 0.131 e. The molecular weight excluding hydrogens is 226 g/mol. The molecule has 2 N–H and O–H groups in total. The van der Waals surface area contributed by atoms with Gasteiger partial charge in [0.2, 0.25) is 0 Å². The zero-order valence-electron chi connectivity index (χ0n) is 10.7. The molecular formula is C14H17N3O. The Kier molecular flexibility index (Phi) is 2.51. The summed E-state index contributed by atoms with van der Waals surface area (Å²) in [7, 11) is 0. The minimum absolute atomic E-state index is 0.323. The molecule has 0 spiro atoms. The fourth-order valence-electron chi connectivity index (χ4n) is 2.34. The number of fused-ring (bicyclic) bond motifs is 1. The predicted octanol–water partition coefficient (Wildman–Crippen LogP) is 2.65. The van der Waals surface area contributed by atoms with Crippen LogP contribution < -0.4 is 10.5 Å². The topological polar surface area (TPSA) is 53.1 Å². The van der Waals surface area contributed by atoms with E-state index in [1.165, 1.54) is 5.56 Å². The lowest BCUT2D eigenvalue weighted by Crippen LogP contribution is -2.04. The second-order valence-electron chi connectivity index (χ2n) is 4.90. The Balaban J connectivity index is 2.05. The van der Waals surface area contributed by atoms with Crippen molar-refractivity contribution in [3.8, 4) is 17.0 Å². The van der Waals surface area contributed by atoms with Crippen molar-refractivity contribution in [3.05, 3.63) is 30.1 Å². The second-order valence-corrected chi connectivity index (χ2v) is 4.90. The molecule has 94 valence electrons. The van der Waals surface area contributed by atoms with Gasteiger partial charge in [0, 0.05) is 18.0 Å². The first-order valence-electron chi connectivity index (χ1n) is 6.25. The van der Waals surface area contributed by atoms with Gasteiger partial charge in [0.15, 0.2) is 0 Å². The SMILES string of the molecule is CC(C)n1cnc(-c2ccc3c(c2)CCO3)c1N. The molecule has 3 rings (SSSR count). The van der Waals surface area contributed by atoms with Gasteiger partial charge in [-0.3, -0.25) is 0 Å². The molecule has 1 aromatic heterocycles. The Bertz CT molecular complexity index is 587. The molecule has 0 saturated heterocycles. The van der Waals surface area contributed by atoms with Crippen LogP contribution in [0.15, 0.2) is 24.5 Å². The Morgan fingerprint density at radius 3 is 2.94 bits per heavy atom. The van der Waals surface area contributed by atoms with Gasteiger partial charge in [-0.15, -0.1) is 0 Å². The predicted molar refractivity (Wildman–Crippen MR) is 71.7 cm³/mol. The van der Waals surface area contributed by atoms with E-state index in [0.717, 1.165) is 35.9 Å². The summed E-state index contributed by atoms with van der Waals surface area (Å²) in [6, 6.07) is 6.48. The van der Waals surface area contributed by atoms with Gasteiger partial charge in [0.25, 0.3) is 0 Å². The summed E-state index contributed by atoms with van der Waals surface area (Å²) < 4.78 is 7.49. The minimum atomic E-state index is 0.323. The molecule has 0 aliphatic carbocycles. The van der Waals surface area contributed by atoms with E-state index < -0.39 is 0 Å². The van der Waals surface area contributed by atoms with Gasteiger partial charge in [0.05, 0.1) is 12.9 Å². The maximum Gasteiger partial charge on any atom is 0.131 e. The second kappa shape index (κ2) is 4.05. The monoisotopic (exact) mass is 243 g/mol. The normalized spacial score (nSPS) is 13.7. The lowest BCUT2D eigenvalue weighted by atomic mass is 10.1. The van der Waals surface area contributed by atoms with E-state index in [2.05, 4.69) is 24.9 Å². The lowest BCUT2D eigenvalue weighted by molar-refractivity contribution is 0.357. The van der Waals surface area contributed by atoms with E-state index in [-0.39, 0.29) is 0 Å². The highest BCUT2D eigenvalue weighted by molar-refractivity contribution is 5.72. The summed E-state index contributed by atoms with van der Waals surface area (Å²) in [6.07, 6.45) is 2.77. The van der Waals surface area contributed by atoms with Gasteiger partial charge in [-0.25, -0.2) is 4.98 Å². The first-order valence-corrected chi connectivity index (χ1v) is 6.25. The molecule has 1 aliphatic heterocycles. The van der Waals surface area contributed by atoms with Crippen molar-refractivity contribution in [2.75, 3.05) is 12.3 Å². The number of imidazole rings is 1. The third-order valence-electron chi connectivity index (χ3n) is 3.35. The fourth-order valence-corrected chi connectivity index (χ4v) is 2.34. The van der Waals surface area contributed by atoms with Crippen molar-refractivity contribution >= 4 is 5.82 Å². The van der Waals surface area contributed by atoms with Crippen molar-refractivity contribution in [2.45, 2.75) is 26.3 Å². The Labute approximate surface area is 106 Å². The fraction of sp³-hybridized carbons (Fsp3) is 0.357. The Morgan fingerprint density at radius 2 is 2.22 bits per heavy atom. The largest absolute Gasteiger partial charge is 0.493 e. The zero-order chi connectivity index (χ0) is 12.7. The van der Waals surface area contributed by atoms with Crippen LogP contribution in [0.3, 0.4) is 0 Å². The highest BCUT2D eigenvalue weighted by atomic mass is 16.5. The van der Waals surface area contributed by atoms with Crippen molar-refractivity contribution in [3.63, 3.8) is 0 Å². The summed E-state index contributed by atoms with van der Waals surface area (Å²) >= 11 is 0. The van der Waals surface area contributed by atoms with Gasteiger partial charge < -0.3 is 15.0 Å². The Hall–Kier alpha value is -1.97. The van der Waals surface area contributed by atoms with Gasteiger partial charge in [-0.1, -0.05) is 0 Å². The van der Waals surface area contributed by atoms with Crippen LogP contribution in [0.25, 0.3) is 11.3 Å². The minimum Gasteiger partial charge on any atom is -0.493 e. The van der Waals surface area contributed by atoms with Crippen LogP contribution >= 0.6 is 0 Å². The maximum atomic E-state index is 6.15. The Morgan fingerprint density at radius 1 is 1.39 bits per heavy atom. The number of rotatable bonds is 2. The lowest BCUT2D eigenvalue weighted by Gasteiger charge is -2.09. The van der Waals surface area contributed by atoms with Gasteiger partial charge in [-0.05, 0) is 37.6 Å². The number of aromatic nitrogens is 2.